The molecule has 0 aliphatic rings. The highest BCUT2D eigenvalue weighted by Gasteiger charge is 2.10. The van der Waals surface area contributed by atoms with E-state index in [9.17, 15) is 9.59 Å². The van der Waals surface area contributed by atoms with E-state index in [-0.39, 0.29) is 11.6 Å². The van der Waals surface area contributed by atoms with Crippen molar-refractivity contribution in [3.8, 4) is 0 Å². The van der Waals surface area contributed by atoms with Crippen LogP contribution < -0.4 is 11.1 Å². The average Bonchev–Trinajstić information content (AvgIpc) is 2.44. The highest BCUT2D eigenvalue weighted by Crippen LogP contribution is 2.15. The largest absolute Gasteiger partial charge is 0.477 e. The molecule has 6 nitrogen and oxygen atoms in total. The molecule has 1 atom stereocenters. The van der Waals surface area contributed by atoms with Gasteiger partial charge in [0.15, 0.2) is 0 Å². The lowest BCUT2D eigenvalue weighted by Crippen LogP contribution is -2.15. The first-order valence-corrected chi connectivity index (χ1v) is 6.76. The SMILES string of the molecule is CCC(CCN)CCC(=O)Nc1ccc(C(=O)O)nc1. The number of nitrogens with two attached hydrogens (primary N) is 1. The van der Waals surface area contributed by atoms with Gasteiger partial charge in [-0.2, -0.15) is 0 Å². The molecule has 6 heteroatoms. The smallest absolute Gasteiger partial charge is 0.354 e. The molecule has 0 bridgehead atoms. The van der Waals surface area contributed by atoms with Crippen molar-refractivity contribution in [1.29, 1.82) is 0 Å². The lowest BCUT2D eigenvalue weighted by Gasteiger charge is -2.13. The van der Waals surface area contributed by atoms with Gasteiger partial charge < -0.3 is 16.2 Å². The number of carbonyl (C=O) groups is 2. The molecule has 110 valence electrons. The van der Waals surface area contributed by atoms with Gasteiger partial charge in [-0.3, -0.25) is 4.79 Å². The van der Waals surface area contributed by atoms with Crippen LogP contribution in [0.3, 0.4) is 0 Å². The lowest BCUT2D eigenvalue weighted by atomic mass is 9.96. The fraction of sp³-hybridized carbons (Fsp3) is 0.500. The van der Waals surface area contributed by atoms with Crippen LogP contribution >= 0.6 is 0 Å². The van der Waals surface area contributed by atoms with E-state index in [2.05, 4.69) is 17.2 Å². The summed E-state index contributed by atoms with van der Waals surface area (Å²) in [5.41, 5.74) is 5.98. The number of pyridine rings is 1. The second-order valence-electron chi connectivity index (χ2n) is 4.68. The van der Waals surface area contributed by atoms with Crippen LogP contribution in [0.15, 0.2) is 18.3 Å². The summed E-state index contributed by atoms with van der Waals surface area (Å²) in [6, 6.07) is 2.90. The summed E-state index contributed by atoms with van der Waals surface area (Å²) in [5.74, 6) is -0.709. The van der Waals surface area contributed by atoms with Crippen LogP contribution in [-0.4, -0.2) is 28.5 Å². The maximum atomic E-state index is 11.8. The molecule has 0 aliphatic heterocycles. The van der Waals surface area contributed by atoms with Gasteiger partial charge in [-0.1, -0.05) is 13.3 Å². The van der Waals surface area contributed by atoms with Crippen molar-refractivity contribution in [2.24, 2.45) is 11.7 Å². The van der Waals surface area contributed by atoms with Gasteiger partial charge in [-0.15, -0.1) is 0 Å². The van der Waals surface area contributed by atoms with Crippen LogP contribution in [0.1, 0.15) is 43.1 Å². The molecule has 20 heavy (non-hydrogen) atoms. The quantitative estimate of drug-likeness (QED) is 0.673. The van der Waals surface area contributed by atoms with Gasteiger partial charge in [0.25, 0.3) is 0 Å². The summed E-state index contributed by atoms with van der Waals surface area (Å²) in [4.78, 5) is 26.2. The third-order valence-electron chi connectivity index (χ3n) is 3.20. The molecule has 1 aromatic rings. The standard InChI is InChI=1S/C14H21N3O3/c1-2-10(7-8-15)3-6-13(18)17-11-4-5-12(14(19)20)16-9-11/h4-5,9-10H,2-3,6-8,15H2,1H3,(H,17,18)(H,19,20). The normalized spacial score (nSPS) is 11.9. The first-order chi connectivity index (χ1) is 9.56. The van der Waals surface area contributed by atoms with Crippen LogP contribution in [0, 0.1) is 5.92 Å². The highest BCUT2D eigenvalue weighted by molar-refractivity contribution is 5.91. The van der Waals surface area contributed by atoms with Gasteiger partial charge in [-0.05, 0) is 37.4 Å². The number of nitrogens with one attached hydrogen (secondary N) is 1. The van der Waals surface area contributed by atoms with E-state index in [1.54, 1.807) is 0 Å². The summed E-state index contributed by atoms with van der Waals surface area (Å²) in [6.07, 6.45) is 4.52. The Balaban J connectivity index is 2.43. The summed E-state index contributed by atoms with van der Waals surface area (Å²) < 4.78 is 0. The molecule has 4 N–H and O–H groups in total. The number of aromatic nitrogens is 1. The van der Waals surface area contributed by atoms with E-state index in [1.165, 1.54) is 18.3 Å². The number of rotatable bonds is 8. The third kappa shape index (κ3) is 5.36. The van der Waals surface area contributed by atoms with Crippen molar-refractivity contribution in [3.63, 3.8) is 0 Å². The van der Waals surface area contributed by atoms with Crippen molar-refractivity contribution in [3.05, 3.63) is 24.0 Å². The Labute approximate surface area is 118 Å². The van der Waals surface area contributed by atoms with E-state index in [1.807, 2.05) is 0 Å². The summed E-state index contributed by atoms with van der Waals surface area (Å²) >= 11 is 0. The molecule has 0 spiro atoms. The number of aromatic carboxylic acids is 1. The maximum Gasteiger partial charge on any atom is 0.354 e. The molecule has 0 saturated carbocycles. The Bertz CT molecular complexity index is 445. The van der Waals surface area contributed by atoms with Crippen LogP contribution in [0.25, 0.3) is 0 Å². The Morgan fingerprint density at radius 2 is 2.15 bits per heavy atom. The fourth-order valence-corrected chi connectivity index (χ4v) is 1.94. The van der Waals surface area contributed by atoms with E-state index < -0.39 is 5.97 Å². The van der Waals surface area contributed by atoms with E-state index in [0.29, 0.717) is 24.6 Å². The van der Waals surface area contributed by atoms with Crippen LogP contribution in [-0.2, 0) is 4.79 Å². The second kappa shape index (κ2) is 8.27. The second-order valence-corrected chi connectivity index (χ2v) is 4.68. The van der Waals surface area contributed by atoms with Crippen molar-refractivity contribution >= 4 is 17.6 Å². The van der Waals surface area contributed by atoms with Crippen molar-refractivity contribution < 1.29 is 14.7 Å². The lowest BCUT2D eigenvalue weighted by molar-refractivity contribution is -0.116. The molecule has 0 fully saturated rings. The molecular formula is C14H21N3O3. The molecular weight excluding hydrogens is 258 g/mol. The Morgan fingerprint density at radius 1 is 1.40 bits per heavy atom. The predicted molar refractivity (Wildman–Crippen MR) is 76.5 cm³/mol. The maximum absolute atomic E-state index is 11.8. The fourth-order valence-electron chi connectivity index (χ4n) is 1.94. The molecule has 0 aliphatic carbocycles. The minimum atomic E-state index is -1.09. The zero-order chi connectivity index (χ0) is 15.0. The molecule has 1 rings (SSSR count). The Kier molecular flexibility index (Phi) is 6.66. The molecule has 0 saturated heterocycles. The number of carbonyl (C=O) groups excluding carboxylic acids is 1. The van der Waals surface area contributed by atoms with Gasteiger partial charge in [0.1, 0.15) is 5.69 Å². The number of hydrogen-bond acceptors (Lipinski definition) is 4. The van der Waals surface area contributed by atoms with Crippen LogP contribution in [0.2, 0.25) is 0 Å². The zero-order valence-electron chi connectivity index (χ0n) is 11.6. The number of anilines is 1. The number of carboxylic acid groups (broad SMARTS) is 1. The average molecular weight is 279 g/mol. The highest BCUT2D eigenvalue weighted by atomic mass is 16.4. The zero-order valence-corrected chi connectivity index (χ0v) is 11.6. The molecule has 0 aromatic carbocycles. The van der Waals surface area contributed by atoms with E-state index in [0.717, 1.165) is 19.3 Å². The number of hydrogen-bond donors (Lipinski definition) is 3. The van der Waals surface area contributed by atoms with Crippen LogP contribution in [0.4, 0.5) is 5.69 Å². The first kappa shape index (κ1) is 16.1. The first-order valence-electron chi connectivity index (χ1n) is 6.76. The van der Waals surface area contributed by atoms with Crippen LogP contribution in [0.5, 0.6) is 0 Å². The summed E-state index contributed by atoms with van der Waals surface area (Å²) in [6.45, 7) is 2.73. The van der Waals surface area contributed by atoms with Crippen molar-refractivity contribution in [2.45, 2.75) is 32.6 Å². The van der Waals surface area contributed by atoms with Crippen molar-refractivity contribution in [2.75, 3.05) is 11.9 Å². The Hall–Kier alpha value is -1.95. The topological polar surface area (TPSA) is 105 Å². The predicted octanol–water partition coefficient (Wildman–Crippen LogP) is 1.87. The van der Waals surface area contributed by atoms with Gasteiger partial charge in [0.2, 0.25) is 5.91 Å². The molecule has 1 unspecified atom stereocenters. The minimum Gasteiger partial charge on any atom is -0.477 e. The van der Waals surface area contributed by atoms with Gasteiger partial charge >= 0.3 is 5.97 Å². The monoisotopic (exact) mass is 279 g/mol. The molecule has 1 aromatic heterocycles. The van der Waals surface area contributed by atoms with Gasteiger partial charge in [0, 0.05) is 6.42 Å². The molecule has 0 radical (unpaired) electrons. The van der Waals surface area contributed by atoms with Gasteiger partial charge in [0.05, 0.1) is 11.9 Å². The minimum absolute atomic E-state index is 0.0445. The molecule has 1 amide bonds. The summed E-state index contributed by atoms with van der Waals surface area (Å²) in [5, 5.41) is 11.4. The van der Waals surface area contributed by atoms with Crippen molar-refractivity contribution in [1.82, 2.24) is 4.98 Å². The summed E-state index contributed by atoms with van der Waals surface area (Å²) in [7, 11) is 0. The number of amides is 1. The molecule has 1 heterocycles. The van der Waals surface area contributed by atoms with E-state index in [4.69, 9.17) is 10.8 Å². The third-order valence-corrected chi connectivity index (χ3v) is 3.20. The Morgan fingerprint density at radius 3 is 2.65 bits per heavy atom. The van der Waals surface area contributed by atoms with Gasteiger partial charge in [-0.25, -0.2) is 9.78 Å². The number of nitrogens with zero attached hydrogens (tertiary/aromatic N) is 1. The number of carboxylic acids is 1. The van der Waals surface area contributed by atoms with E-state index >= 15 is 0 Å².